The van der Waals surface area contributed by atoms with Gasteiger partial charge in [-0.1, -0.05) is 12.1 Å². The lowest BCUT2D eigenvalue weighted by molar-refractivity contribution is 0.495. The summed E-state index contributed by atoms with van der Waals surface area (Å²) < 4.78 is 52.4. The monoisotopic (exact) mass is 335 g/mol. The van der Waals surface area contributed by atoms with Gasteiger partial charge in [0.1, 0.15) is 9.79 Å². The van der Waals surface area contributed by atoms with E-state index in [1.54, 1.807) is 13.8 Å². The third-order valence-corrected chi connectivity index (χ3v) is 6.08. The molecule has 0 saturated carbocycles. The Bertz CT molecular complexity index is 704. The van der Waals surface area contributed by atoms with Crippen LogP contribution in [0.4, 0.5) is 0 Å². The molecule has 3 N–H and O–H groups in total. The molecule has 1 rings (SSSR count). The van der Waals surface area contributed by atoms with Crippen LogP contribution in [0.5, 0.6) is 0 Å². The van der Waals surface area contributed by atoms with Gasteiger partial charge in [0.15, 0.2) is 0 Å². The van der Waals surface area contributed by atoms with Crippen LogP contribution in [0, 0.1) is 0 Å². The van der Waals surface area contributed by atoms with Crippen molar-refractivity contribution < 1.29 is 16.8 Å². The largest absolute Gasteiger partial charge is 0.324 e. The van der Waals surface area contributed by atoms with Crippen LogP contribution in [0.3, 0.4) is 0 Å². The second-order valence-corrected chi connectivity index (χ2v) is 9.40. The van der Waals surface area contributed by atoms with E-state index in [0.717, 1.165) is 4.31 Å². The Hall–Kier alpha value is -1.00. The zero-order valence-electron chi connectivity index (χ0n) is 12.5. The zero-order chi connectivity index (χ0) is 16.5. The molecule has 7 nitrogen and oxygen atoms in total. The second kappa shape index (κ2) is 6.01. The minimum absolute atomic E-state index is 0.00825. The lowest BCUT2D eigenvalue weighted by Gasteiger charge is -2.20. The van der Waals surface area contributed by atoms with Crippen molar-refractivity contribution in [1.82, 2.24) is 9.03 Å². The van der Waals surface area contributed by atoms with E-state index < -0.39 is 25.6 Å². The Balaban J connectivity index is 3.33. The molecule has 0 saturated heterocycles. The molecule has 21 heavy (non-hydrogen) atoms. The van der Waals surface area contributed by atoms with E-state index in [0.29, 0.717) is 0 Å². The Labute approximate surface area is 126 Å². The summed E-state index contributed by atoms with van der Waals surface area (Å²) >= 11 is 0. The van der Waals surface area contributed by atoms with Crippen molar-refractivity contribution in [2.45, 2.75) is 29.2 Å². The highest BCUT2D eigenvalue weighted by Gasteiger charge is 2.28. The number of hydrogen-bond donors (Lipinski definition) is 2. The molecule has 0 heterocycles. The zero-order valence-corrected chi connectivity index (χ0v) is 14.1. The maximum atomic E-state index is 12.3. The highest BCUT2D eigenvalue weighted by molar-refractivity contribution is 7.92. The summed E-state index contributed by atoms with van der Waals surface area (Å²) in [4.78, 5) is -0.555. The first-order valence-corrected chi connectivity index (χ1v) is 9.10. The van der Waals surface area contributed by atoms with Gasteiger partial charge in [-0.05, 0) is 26.0 Å². The molecule has 0 fully saturated rings. The normalized spacial score (nSPS) is 13.6. The summed E-state index contributed by atoms with van der Waals surface area (Å²) in [5.74, 6) is 0. The summed E-state index contributed by atoms with van der Waals surface area (Å²) in [7, 11) is -5.15. The first-order valence-electron chi connectivity index (χ1n) is 6.18. The van der Waals surface area contributed by atoms with Gasteiger partial charge >= 0.3 is 0 Å². The number of rotatable bonds is 6. The van der Waals surface area contributed by atoms with Gasteiger partial charge in [-0.3, -0.25) is 0 Å². The molecule has 0 atom stereocenters. The van der Waals surface area contributed by atoms with E-state index >= 15 is 0 Å². The molecule has 120 valence electrons. The number of nitrogens with one attached hydrogen (secondary N) is 1. The van der Waals surface area contributed by atoms with Crippen molar-refractivity contribution in [3.8, 4) is 0 Å². The summed E-state index contributed by atoms with van der Waals surface area (Å²) in [5.41, 5.74) is 4.99. The van der Waals surface area contributed by atoms with Gasteiger partial charge in [-0.15, -0.1) is 0 Å². The number of nitrogens with zero attached hydrogens (tertiary/aromatic N) is 1. The van der Waals surface area contributed by atoms with E-state index in [2.05, 4.69) is 4.72 Å². The van der Waals surface area contributed by atoms with Crippen LogP contribution in [-0.2, 0) is 20.0 Å². The van der Waals surface area contributed by atoms with Crippen molar-refractivity contribution in [2.75, 3.05) is 20.6 Å². The lowest BCUT2D eigenvalue weighted by Crippen LogP contribution is -2.45. The fraction of sp³-hybridized carbons (Fsp3) is 0.500. The first-order chi connectivity index (χ1) is 9.38. The molecular formula is C12H21N3O4S2. The standard InChI is InChI=1S/C12H21N3O4S2/c1-12(2,13)9-14-20(16,17)10-7-5-6-8-11(10)21(18,19)15(3)4/h5-8,14H,9,13H2,1-4H3. The van der Waals surface area contributed by atoms with E-state index in [-0.39, 0.29) is 16.3 Å². The van der Waals surface area contributed by atoms with Gasteiger partial charge in [-0.2, -0.15) is 0 Å². The van der Waals surface area contributed by atoms with Crippen molar-refractivity contribution in [1.29, 1.82) is 0 Å². The molecule has 0 bridgehead atoms. The Morgan fingerprint density at radius 1 is 1.10 bits per heavy atom. The molecule has 0 radical (unpaired) electrons. The SMILES string of the molecule is CN(C)S(=O)(=O)c1ccccc1S(=O)(=O)NCC(C)(C)N. The minimum atomic E-state index is -3.98. The minimum Gasteiger partial charge on any atom is -0.324 e. The molecule has 0 aliphatic carbocycles. The molecule has 0 amide bonds. The number of benzene rings is 1. The summed E-state index contributed by atoms with van der Waals surface area (Å²) in [6.07, 6.45) is 0. The molecule has 0 aliphatic rings. The second-order valence-electron chi connectivity index (χ2n) is 5.55. The molecule has 0 unspecified atom stereocenters. The lowest BCUT2D eigenvalue weighted by atomic mass is 10.1. The molecule has 0 spiro atoms. The highest BCUT2D eigenvalue weighted by Crippen LogP contribution is 2.22. The van der Waals surface area contributed by atoms with Crippen LogP contribution in [0.15, 0.2) is 34.1 Å². The van der Waals surface area contributed by atoms with E-state index in [4.69, 9.17) is 5.73 Å². The van der Waals surface area contributed by atoms with E-state index in [1.165, 1.54) is 38.4 Å². The Morgan fingerprint density at radius 2 is 1.57 bits per heavy atom. The number of hydrogen-bond acceptors (Lipinski definition) is 5. The third-order valence-electron chi connectivity index (χ3n) is 2.62. The van der Waals surface area contributed by atoms with E-state index in [9.17, 15) is 16.8 Å². The predicted molar refractivity (Wildman–Crippen MR) is 80.8 cm³/mol. The van der Waals surface area contributed by atoms with Gasteiger partial charge in [0.25, 0.3) is 0 Å². The fourth-order valence-electron chi connectivity index (χ4n) is 1.44. The molecule has 9 heteroatoms. The number of sulfonamides is 2. The smallest absolute Gasteiger partial charge is 0.243 e. The maximum Gasteiger partial charge on any atom is 0.243 e. The summed E-state index contributed by atoms with van der Waals surface area (Å²) in [6, 6.07) is 5.46. The number of nitrogens with two attached hydrogens (primary N) is 1. The van der Waals surface area contributed by atoms with Crippen molar-refractivity contribution in [2.24, 2.45) is 5.73 Å². The molecule has 1 aromatic carbocycles. The van der Waals surface area contributed by atoms with Crippen LogP contribution < -0.4 is 10.5 Å². The third kappa shape index (κ3) is 4.48. The first kappa shape index (κ1) is 18.1. The fourth-order valence-corrected chi connectivity index (χ4v) is 4.36. The van der Waals surface area contributed by atoms with Crippen molar-refractivity contribution in [3.63, 3.8) is 0 Å². The van der Waals surface area contributed by atoms with Crippen LogP contribution in [0.25, 0.3) is 0 Å². The van der Waals surface area contributed by atoms with Crippen molar-refractivity contribution in [3.05, 3.63) is 24.3 Å². The Morgan fingerprint density at radius 3 is 2.00 bits per heavy atom. The van der Waals surface area contributed by atoms with Gasteiger partial charge in [0.05, 0.1) is 0 Å². The van der Waals surface area contributed by atoms with Gasteiger partial charge in [-0.25, -0.2) is 25.9 Å². The maximum absolute atomic E-state index is 12.3. The molecule has 0 aromatic heterocycles. The van der Waals surface area contributed by atoms with Crippen LogP contribution in [-0.4, -0.2) is 47.3 Å². The topological polar surface area (TPSA) is 110 Å². The van der Waals surface area contributed by atoms with Gasteiger partial charge < -0.3 is 5.73 Å². The van der Waals surface area contributed by atoms with Crippen LogP contribution in [0.1, 0.15) is 13.8 Å². The molecule has 0 aliphatic heterocycles. The highest BCUT2D eigenvalue weighted by atomic mass is 32.2. The van der Waals surface area contributed by atoms with Crippen LogP contribution in [0.2, 0.25) is 0 Å². The Kier molecular flexibility index (Phi) is 5.17. The molecule has 1 aromatic rings. The van der Waals surface area contributed by atoms with Crippen molar-refractivity contribution >= 4 is 20.0 Å². The van der Waals surface area contributed by atoms with Gasteiger partial charge in [0, 0.05) is 26.2 Å². The molecular weight excluding hydrogens is 314 g/mol. The summed E-state index contributed by atoms with van der Waals surface area (Å²) in [5, 5.41) is 0. The predicted octanol–water partition coefficient (Wildman–Crippen LogP) is -0.0475. The van der Waals surface area contributed by atoms with Crippen LogP contribution >= 0.6 is 0 Å². The van der Waals surface area contributed by atoms with E-state index in [1.807, 2.05) is 0 Å². The van der Waals surface area contributed by atoms with Gasteiger partial charge in [0.2, 0.25) is 20.0 Å². The summed E-state index contributed by atoms with van der Waals surface area (Å²) in [6.45, 7) is 3.32. The quantitative estimate of drug-likeness (QED) is 0.757. The average molecular weight is 335 g/mol. The average Bonchev–Trinajstić information content (AvgIpc) is 2.35.